The van der Waals surface area contributed by atoms with Gasteiger partial charge in [-0.25, -0.2) is 0 Å². The molecule has 0 saturated carbocycles. The predicted molar refractivity (Wildman–Crippen MR) is 93.8 cm³/mol. The van der Waals surface area contributed by atoms with Crippen molar-refractivity contribution in [3.8, 4) is 0 Å². The number of piperazine rings is 1. The van der Waals surface area contributed by atoms with E-state index in [0.29, 0.717) is 6.54 Å². The maximum absolute atomic E-state index is 12.4. The van der Waals surface area contributed by atoms with Crippen LogP contribution in [0.25, 0.3) is 0 Å². The van der Waals surface area contributed by atoms with Crippen LogP contribution < -0.4 is 5.32 Å². The first-order valence-electron chi connectivity index (χ1n) is 7.64. The van der Waals surface area contributed by atoms with Crippen LogP contribution in [0.2, 0.25) is 5.02 Å². The normalized spacial score (nSPS) is 18.6. The number of likely N-dealkylation sites (N-methyl/N-ethyl adjacent to an activating group) is 1. The van der Waals surface area contributed by atoms with Gasteiger partial charge in [0.1, 0.15) is 0 Å². The second kappa shape index (κ2) is 9.36. The third-order valence-electron chi connectivity index (χ3n) is 4.07. The van der Waals surface area contributed by atoms with Crippen LogP contribution in [-0.4, -0.2) is 55.0 Å². The molecule has 0 spiro atoms. The summed E-state index contributed by atoms with van der Waals surface area (Å²) in [6.45, 7) is 8.62. The number of carbonyl (C=O) groups excluding carboxylic acids is 1. The van der Waals surface area contributed by atoms with Crippen molar-refractivity contribution in [1.82, 2.24) is 15.1 Å². The molecular formula is C16H25Cl2N3O. The number of nitrogens with one attached hydrogen (secondary N) is 1. The van der Waals surface area contributed by atoms with Gasteiger partial charge in [-0.15, -0.1) is 12.4 Å². The summed E-state index contributed by atoms with van der Waals surface area (Å²) in [4.78, 5) is 16.5. The maximum Gasteiger partial charge on any atom is 0.236 e. The van der Waals surface area contributed by atoms with Gasteiger partial charge in [-0.3, -0.25) is 9.69 Å². The van der Waals surface area contributed by atoms with E-state index in [4.69, 9.17) is 11.6 Å². The molecule has 0 aromatic heterocycles. The fourth-order valence-electron chi connectivity index (χ4n) is 2.84. The summed E-state index contributed by atoms with van der Waals surface area (Å²) >= 11 is 6.33. The van der Waals surface area contributed by atoms with Gasteiger partial charge >= 0.3 is 0 Å². The molecule has 0 aliphatic carbocycles. The van der Waals surface area contributed by atoms with Gasteiger partial charge in [-0.05, 0) is 25.5 Å². The quantitative estimate of drug-likeness (QED) is 0.890. The zero-order chi connectivity index (χ0) is 15.2. The maximum atomic E-state index is 12.4. The standard InChI is InChI=1S/C16H24ClN3O.ClH/c1-3-19(4-2)16(21)12-20-10-9-18-11-15(20)13-7-5-6-8-14(13)17;/h5-8,15,18H,3-4,9-12H2,1-2H3;1H. The minimum absolute atomic E-state index is 0. The summed E-state index contributed by atoms with van der Waals surface area (Å²) in [5.74, 6) is 0.193. The number of hydrogen-bond donors (Lipinski definition) is 1. The summed E-state index contributed by atoms with van der Waals surface area (Å²) in [6, 6.07) is 8.06. The van der Waals surface area contributed by atoms with Crippen LogP contribution in [-0.2, 0) is 4.79 Å². The predicted octanol–water partition coefficient (Wildman–Crippen LogP) is 2.58. The highest BCUT2D eigenvalue weighted by Crippen LogP contribution is 2.28. The van der Waals surface area contributed by atoms with Crippen molar-refractivity contribution in [1.29, 1.82) is 0 Å². The van der Waals surface area contributed by atoms with Gasteiger partial charge in [0.15, 0.2) is 0 Å². The average molecular weight is 346 g/mol. The second-order valence-electron chi connectivity index (χ2n) is 5.28. The molecule has 1 aliphatic heterocycles. The number of carbonyl (C=O) groups is 1. The molecule has 1 unspecified atom stereocenters. The first kappa shape index (κ1) is 19.2. The third-order valence-corrected chi connectivity index (χ3v) is 4.42. The van der Waals surface area contributed by atoms with E-state index in [2.05, 4.69) is 16.3 Å². The Bertz CT molecular complexity index is 480. The largest absolute Gasteiger partial charge is 0.342 e. The highest BCUT2D eigenvalue weighted by atomic mass is 35.5. The van der Waals surface area contributed by atoms with E-state index < -0.39 is 0 Å². The van der Waals surface area contributed by atoms with E-state index in [1.807, 2.05) is 36.9 Å². The van der Waals surface area contributed by atoms with Gasteiger partial charge in [0.2, 0.25) is 5.91 Å². The van der Waals surface area contributed by atoms with Gasteiger partial charge in [0, 0.05) is 43.8 Å². The van der Waals surface area contributed by atoms with E-state index in [-0.39, 0.29) is 24.4 Å². The molecule has 0 radical (unpaired) electrons. The van der Waals surface area contributed by atoms with Crippen LogP contribution in [0.3, 0.4) is 0 Å². The molecule has 4 nitrogen and oxygen atoms in total. The Labute approximate surface area is 144 Å². The van der Waals surface area contributed by atoms with Crippen molar-refractivity contribution in [2.75, 3.05) is 39.3 Å². The van der Waals surface area contributed by atoms with Crippen molar-refractivity contribution < 1.29 is 4.79 Å². The fourth-order valence-corrected chi connectivity index (χ4v) is 3.10. The lowest BCUT2D eigenvalue weighted by atomic mass is 10.0. The number of halogens is 2. The Morgan fingerprint density at radius 3 is 2.68 bits per heavy atom. The molecule has 1 N–H and O–H groups in total. The van der Waals surface area contributed by atoms with E-state index in [1.54, 1.807) is 0 Å². The lowest BCUT2D eigenvalue weighted by Gasteiger charge is -2.37. The second-order valence-corrected chi connectivity index (χ2v) is 5.69. The van der Waals surface area contributed by atoms with Crippen LogP contribution in [0.1, 0.15) is 25.5 Å². The number of benzene rings is 1. The van der Waals surface area contributed by atoms with Gasteiger partial charge in [0.25, 0.3) is 0 Å². The molecule has 1 heterocycles. The van der Waals surface area contributed by atoms with Gasteiger partial charge in [-0.2, -0.15) is 0 Å². The molecule has 1 aromatic carbocycles. The van der Waals surface area contributed by atoms with Crippen molar-refractivity contribution in [2.45, 2.75) is 19.9 Å². The Morgan fingerprint density at radius 1 is 1.36 bits per heavy atom. The van der Waals surface area contributed by atoms with Crippen molar-refractivity contribution in [2.24, 2.45) is 0 Å². The highest BCUT2D eigenvalue weighted by Gasteiger charge is 2.27. The van der Waals surface area contributed by atoms with Crippen LogP contribution in [0.5, 0.6) is 0 Å². The minimum atomic E-state index is 0. The van der Waals surface area contributed by atoms with Crippen LogP contribution >= 0.6 is 24.0 Å². The molecule has 1 saturated heterocycles. The van der Waals surface area contributed by atoms with E-state index in [9.17, 15) is 4.79 Å². The van der Waals surface area contributed by atoms with Crippen molar-refractivity contribution in [3.63, 3.8) is 0 Å². The molecule has 22 heavy (non-hydrogen) atoms. The van der Waals surface area contributed by atoms with Gasteiger partial charge < -0.3 is 10.2 Å². The lowest BCUT2D eigenvalue weighted by Crippen LogP contribution is -2.50. The highest BCUT2D eigenvalue weighted by molar-refractivity contribution is 6.31. The average Bonchev–Trinajstić information content (AvgIpc) is 2.50. The SMILES string of the molecule is CCN(CC)C(=O)CN1CCNCC1c1ccccc1Cl.Cl. The Hall–Kier alpha value is -0.810. The number of hydrogen-bond acceptors (Lipinski definition) is 3. The van der Waals surface area contributed by atoms with E-state index in [1.165, 1.54) is 0 Å². The Balaban J connectivity index is 0.00000242. The monoisotopic (exact) mass is 345 g/mol. The van der Waals surface area contributed by atoms with E-state index in [0.717, 1.165) is 43.3 Å². The molecule has 2 rings (SSSR count). The van der Waals surface area contributed by atoms with Crippen LogP contribution in [0, 0.1) is 0 Å². The Kier molecular flexibility index (Phi) is 8.18. The summed E-state index contributed by atoms with van der Waals surface area (Å²) in [6.07, 6.45) is 0. The molecule has 6 heteroatoms. The third kappa shape index (κ3) is 4.59. The Morgan fingerprint density at radius 2 is 2.05 bits per heavy atom. The fraction of sp³-hybridized carbons (Fsp3) is 0.562. The summed E-state index contributed by atoms with van der Waals surface area (Å²) in [5.41, 5.74) is 1.10. The topological polar surface area (TPSA) is 35.6 Å². The van der Waals surface area contributed by atoms with Crippen molar-refractivity contribution >= 4 is 29.9 Å². The number of nitrogens with zero attached hydrogens (tertiary/aromatic N) is 2. The molecule has 1 atom stereocenters. The molecular weight excluding hydrogens is 321 g/mol. The number of rotatable bonds is 5. The number of amides is 1. The first-order chi connectivity index (χ1) is 10.2. The zero-order valence-electron chi connectivity index (χ0n) is 13.2. The summed E-state index contributed by atoms with van der Waals surface area (Å²) < 4.78 is 0. The van der Waals surface area contributed by atoms with Crippen molar-refractivity contribution in [3.05, 3.63) is 34.9 Å². The molecule has 1 amide bonds. The van der Waals surface area contributed by atoms with Gasteiger partial charge in [0.05, 0.1) is 6.54 Å². The zero-order valence-corrected chi connectivity index (χ0v) is 14.8. The summed E-state index contributed by atoms with van der Waals surface area (Å²) in [5, 5.41) is 4.17. The van der Waals surface area contributed by atoms with Gasteiger partial charge in [-0.1, -0.05) is 29.8 Å². The molecule has 1 aromatic rings. The molecule has 0 bridgehead atoms. The molecule has 1 aliphatic rings. The first-order valence-corrected chi connectivity index (χ1v) is 8.02. The van der Waals surface area contributed by atoms with Crippen LogP contribution in [0.4, 0.5) is 0 Å². The smallest absolute Gasteiger partial charge is 0.236 e. The molecule has 1 fully saturated rings. The van der Waals surface area contributed by atoms with Crippen LogP contribution in [0.15, 0.2) is 24.3 Å². The lowest BCUT2D eigenvalue weighted by molar-refractivity contribution is -0.132. The van der Waals surface area contributed by atoms with E-state index >= 15 is 0 Å². The molecule has 124 valence electrons. The summed E-state index contributed by atoms with van der Waals surface area (Å²) in [7, 11) is 0. The minimum Gasteiger partial charge on any atom is -0.342 e.